The number of carbonyl (C=O) groups excluding carboxylic acids is 2. The summed E-state index contributed by atoms with van der Waals surface area (Å²) in [5, 5.41) is 0. The third-order valence-corrected chi connectivity index (χ3v) is 2.61. The molecule has 1 amide bonds. The van der Waals surface area contributed by atoms with Gasteiger partial charge in [-0.05, 0) is 51.0 Å². The van der Waals surface area contributed by atoms with E-state index in [9.17, 15) is 9.59 Å². The highest BCUT2D eigenvalue weighted by molar-refractivity contribution is 5.93. The van der Waals surface area contributed by atoms with Crippen LogP contribution in [0.1, 0.15) is 35.3 Å². The zero-order chi connectivity index (χ0) is 13.2. The van der Waals surface area contributed by atoms with Gasteiger partial charge in [-0.2, -0.15) is 0 Å². The van der Waals surface area contributed by atoms with Crippen molar-refractivity contribution in [3.05, 3.63) is 28.8 Å². The summed E-state index contributed by atoms with van der Waals surface area (Å²) >= 11 is 0. The van der Waals surface area contributed by atoms with Crippen molar-refractivity contribution in [1.82, 2.24) is 0 Å². The molecule has 1 aromatic rings. The van der Waals surface area contributed by atoms with Crippen LogP contribution in [0.2, 0.25) is 0 Å². The highest BCUT2D eigenvalue weighted by atomic mass is 16.5. The summed E-state index contributed by atoms with van der Waals surface area (Å²) in [5.74, 6) is 0.128. The van der Waals surface area contributed by atoms with E-state index in [2.05, 4.69) is 0 Å². The van der Waals surface area contributed by atoms with Gasteiger partial charge < -0.3 is 10.5 Å². The lowest BCUT2D eigenvalue weighted by Crippen LogP contribution is -2.22. The minimum absolute atomic E-state index is 0.0391. The fraction of sp³-hybridized carbons (Fsp3) is 0.385. The summed E-state index contributed by atoms with van der Waals surface area (Å²) in [6.45, 7) is 6.82. The quantitative estimate of drug-likeness (QED) is 0.864. The van der Waals surface area contributed by atoms with Crippen molar-refractivity contribution in [1.29, 1.82) is 0 Å². The molecule has 17 heavy (non-hydrogen) atoms. The number of nitrogens with two attached hydrogens (primary N) is 1. The monoisotopic (exact) mass is 235 g/mol. The van der Waals surface area contributed by atoms with Gasteiger partial charge in [0.1, 0.15) is 5.75 Å². The molecule has 0 fully saturated rings. The van der Waals surface area contributed by atoms with Crippen LogP contribution in [0.5, 0.6) is 5.75 Å². The zero-order valence-electron chi connectivity index (χ0n) is 10.5. The minimum Gasteiger partial charge on any atom is -0.482 e. The van der Waals surface area contributed by atoms with Gasteiger partial charge in [-0.1, -0.05) is 0 Å². The Morgan fingerprint density at radius 2 is 1.71 bits per heavy atom. The highest BCUT2D eigenvalue weighted by Gasteiger charge is 2.14. The molecule has 1 rings (SSSR count). The molecule has 92 valence electrons. The molecule has 0 bridgehead atoms. The Labute approximate surface area is 101 Å². The fourth-order valence-electron chi connectivity index (χ4n) is 1.54. The van der Waals surface area contributed by atoms with Gasteiger partial charge in [0.05, 0.1) is 0 Å². The molecule has 0 aliphatic rings. The van der Waals surface area contributed by atoms with E-state index in [1.54, 1.807) is 19.1 Å². The van der Waals surface area contributed by atoms with E-state index in [0.717, 1.165) is 11.1 Å². The normalized spacial score (nSPS) is 12.0. The average Bonchev–Trinajstić information content (AvgIpc) is 2.22. The minimum atomic E-state index is -0.494. The molecule has 0 aromatic heterocycles. The van der Waals surface area contributed by atoms with Crippen molar-refractivity contribution < 1.29 is 14.3 Å². The largest absolute Gasteiger partial charge is 0.482 e. The first-order valence-corrected chi connectivity index (χ1v) is 5.41. The van der Waals surface area contributed by atoms with E-state index in [4.69, 9.17) is 10.5 Å². The van der Waals surface area contributed by atoms with E-state index >= 15 is 0 Å². The van der Waals surface area contributed by atoms with E-state index in [1.165, 1.54) is 6.92 Å². The second kappa shape index (κ2) is 4.99. The van der Waals surface area contributed by atoms with Crippen molar-refractivity contribution in [2.45, 2.75) is 33.8 Å². The smallest absolute Gasteiger partial charge is 0.248 e. The number of amides is 1. The summed E-state index contributed by atoms with van der Waals surface area (Å²) in [7, 11) is 0. The molecular weight excluding hydrogens is 218 g/mol. The summed E-state index contributed by atoms with van der Waals surface area (Å²) < 4.78 is 5.57. The second-order valence-corrected chi connectivity index (χ2v) is 4.17. The number of benzene rings is 1. The van der Waals surface area contributed by atoms with Gasteiger partial charge in [0.15, 0.2) is 11.9 Å². The molecule has 2 N–H and O–H groups in total. The van der Waals surface area contributed by atoms with Gasteiger partial charge in [0.2, 0.25) is 5.91 Å². The standard InChI is InChI=1S/C13H17NO3/c1-7-5-11(13(14)16)6-8(2)12(7)17-10(4)9(3)15/h5-6,10H,1-4H3,(H2,14,16). The predicted molar refractivity (Wildman–Crippen MR) is 65.2 cm³/mol. The molecule has 0 saturated heterocycles. The number of rotatable bonds is 4. The molecule has 1 aromatic carbocycles. The number of primary amides is 1. The molecule has 0 spiro atoms. The molecular formula is C13H17NO3. The molecule has 0 aliphatic carbocycles. The number of carbonyl (C=O) groups is 2. The summed E-state index contributed by atoms with van der Waals surface area (Å²) in [6.07, 6.45) is -0.494. The third kappa shape index (κ3) is 3.06. The molecule has 0 aliphatic heterocycles. The van der Waals surface area contributed by atoms with Crippen LogP contribution in [0.4, 0.5) is 0 Å². The van der Waals surface area contributed by atoms with Crippen LogP contribution in [0.25, 0.3) is 0 Å². The van der Waals surface area contributed by atoms with E-state index in [1.807, 2.05) is 13.8 Å². The summed E-state index contributed by atoms with van der Waals surface area (Å²) in [4.78, 5) is 22.2. The third-order valence-electron chi connectivity index (χ3n) is 2.61. The summed E-state index contributed by atoms with van der Waals surface area (Å²) in [6, 6.07) is 3.33. The lowest BCUT2D eigenvalue weighted by atomic mass is 10.1. The maximum Gasteiger partial charge on any atom is 0.248 e. The zero-order valence-corrected chi connectivity index (χ0v) is 10.5. The maximum absolute atomic E-state index is 11.1. The lowest BCUT2D eigenvalue weighted by molar-refractivity contribution is -0.122. The van der Waals surface area contributed by atoms with Crippen LogP contribution >= 0.6 is 0 Å². The Kier molecular flexibility index (Phi) is 3.89. The number of aryl methyl sites for hydroxylation is 2. The fourth-order valence-corrected chi connectivity index (χ4v) is 1.54. The SMILES string of the molecule is CC(=O)C(C)Oc1c(C)cc(C(N)=O)cc1C. The molecule has 1 unspecified atom stereocenters. The Morgan fingerprint density at radius 3 is 2.06 bits per heavy atom. The van der Waals surface area contributed by atoms with Gasteiger partial charge in [0, 0.05) is 5.56 Å². The van der Waals surface area contributed by atoms with Crippen molar-refractivity contribution in [2.24, 2.45) is 5.73 Å². The maximum atomic E-state index is 11.1. The molecule has 4 heteroatoms. The first-order chi connectivity index (χ1) is 7.82. The topological polar surface area (TPSA) is 69.4 Å². The Morgan fingerprint density at radius 1 is 1.24 bits per heavy atom. The van der Waals surface area contributed by atoms with Crippen LogP contribution in [-0.2, 0) is 4.79 Å². The highest BCUT2D eigenvalue weighted by Crippen LogP contribution is 2.25. The van der Waals surface area contributed by atoms with Crippen molar-refractivity contribution in [3.8, 4) is 5.75 Å². The van der Waals surface area contributed by atoms with E-state index in [-0.39, 0.29) is 5.78 Å². The number of Topliss-reactive ketones (excluding diaryl/α,β-unsaturated/α-hetero) is 1. The van der Waals surface area contributed by atoms with Gasteiger partial charge >= 0.3 is 0 Å². The van der Waals surface area contributed by atoms with Gasteiger partial charge in [0.25, 0.3) is 0 Å². The van der Waals surface area contributed by atoms with Gasteiger partial charge in [-0.15, -0.1) is 0 Å². The van der Waals surface area contributed by atoms with Crippen molar-refractivity contribution in [2.75, 3.05) is 0 Å². The second-order valence-electron chi connectivity index (χ2n) is 4.17. The van der Waals surface area contributed by atoms with Crippen molar-refractivity contribution >= 4 is 11.7 Å². The molecule has 0 radical (unpaired) electrons. The Balaban J connectivity index is 3.10. The van der Waals surface area contributed by atoms with Crippen molar-refractivity contribution in [3.63, 3.8) is 0 Å². The van der Waals surface area contributed by atoms with Crippen LogP contribution in [-0.4, -0.2) is 17.8 Å². The van der Waals surface area contributed by atoms with Crippen LogP contribution in [0.15, 0.2) is 12.1 Å². The first-order valence-electron chi connectivity index (χ1n) is 5.41. The van der Waals surface area contributed by atoms with Crippen LogP contribution in [0, 0.1) is 13.8 Å². The number of hydrogen-bond donors (Lipinski definition) is 1. The first kappa shape index (κ1) is 13.2. The summed E-state index contributed by atoms with van der Waals surface area (Å²) in [5.41, 5.74) is 7.26. The molecule has 1 atom stereocenters. The molecule has 4 nitrogen and oxygen atoms in total. The molecule has 0 saturated carbocycles. The van der Waals surface area contributed by atoms with Gasteiger partial charge in [-0.25, -0.2) is 0 Å². The number of hydrogen-bond acceptors (Lipinski definition) is 3. The van der Waals surface area contributed by atoms with Crippen LogP contribution in [0.3, 0.4) is 0 Å². The van der Waals surface area contributed by atoms with Gasteiger partial charge in [-0.3, -0.25) is 9.59 Å². The van der Waals surface area contributed by atoms with E-state index in [0.29, 0.717) is 11.3 Å². The Bertz CT molecular complexity index is 443. The number of ketones is 1. The lowest BCUT2D eigenvalue weighted by Gasteiger charge is -2.16. The number of ether oxygens (including phenoxy) is 1. The predicted octanol–water partition coefficient (Wildman–Crippen LogP) is 1.76. The molecule has 0 heterocycles. The average molecular weight is 235 g/mol. The van der Waals surface area contributed by atoms with Crippen LogP contribution < -0.4 is 10.5 Å². The van der Waals surface area contributed by atoms with E-state index < -0.39 is 12.0 Å². The Hall–Kier alpha value is -1.84.